The van der Waals surface area contributed by atoms with Gasteiger partial charge in [-0.1, -0.05) is 44.0 Å². The molecule has 2 amide bonds. The summed E-state index contributed by atoms with van der Waals surface area (Å²) in [6.45, 7) is 4.10. The molecule has 2 aliphatic rings. The van der Waals surface area contributed by atoms with Crippen molar-refractivity contribution in [2.24, 2.45) is 17.8 Å². The Morgan fingerprint density at radius 1 is 1.11 bits per heavy atom. The molecule has 1 fully saturated rings. The summed E-state index contributed by atoms with van der Waals surface area (Å²) < 4.78 is 0. The molecular formula is C31H38N2O5. The van der Waals surface area contributed by atoms with Gasteiger partial charge in [0.05, 0.1) is 30.2 Å². The molecule has 1 saturated heterocycles. The summed E-state index contributed by atoms with van der Waals surface area (Å²) in [5.41, 5.74) is 4.37. The van der Waals surface area contributed by atoms with Gasteiger partial charge >= 0.3 is 0 Å². The van der Waals surface area contributed by atoms with E-state index in [1.165, 1.54) is 4.90 Å². The lowest BCUT2D eigenvalue weighted by Gasteiger charge is -2.36. The maximum absolute atomic E-state index is 13.3. The van der Waals surface area contributed by atoms with Gasteiger partial charge in [-0.2, -0.15) is 0 Å². The normalized spacial score (nSPS) is 22.7. The molecule has 7 nitrogen and oxygen atoms in total. The molecule has 1 aromatic heterocycles. The smallest absolute Gasteiger partial charge is 0.233 e. The van der Waals surface area contributed by atoms with Crippen LogP contribution in [-0.4, -0.2) is 56.3 Å². The summed E-state index contributed by atoms with van der Waals surface area (Å²) in [6.07, 6.45) is 6.49. The van der Waals surface area contributed by atoms with E-state index in [9.17, 15) is 24.9 Å². The number of likely N-dealkylation sites (tertiary alicyclic amines) is 1. The van der Waals surface area contributed by atoms with Crippen molar-refractivity contribution in [3.8, 4) is 5.75 Å². The number of amides is 2. The van der Waals surface area contributed by atoms with Gasteiger partial charge in [-0.15, -0.1) is 0 Å². The SMILES string of the molecule is CCCC1=C([C@H](O)CC/C(=C/c2ccc(O)cc2)c2ccccn2)[C@H](CO)[C@@H]2C(=O)N(CCC)C(=O)[C@@H]2C1. The molecule has 0 unspecified atom stereocenters. The minimum atomic E-state index is -0.857. The molecule has 4 rings (SSSR count). The number of aromatic nitrogens is 1. The van der Waals surface area contributed by atoms with E-state index < -0.39 is 23.9 Å². The number of aromatic hydroxyl groups is 1. The van der Waals surface area contributed by atoms with Gasteiger partial charge in [0.2, 0.25) is 11.8 Å². The first kappa shape index (κ1) is 27.7. The minimum Gasteiger partial charge on any atom is -0.508 e. The zero-order chi connectivity index (χ0) is 27.2. The number of hydrogen-bond donors (Lipinski definition) is 3. The summed E-state index contributed by atoms with van der Waals surface area (Å²) in [5.74, 6) is -1.81. The number of benzene rings is 1. The van der Waals surface area contributed by atoms with Crippen molar-refractivity contribution < 1.29 is 24.9 Å². The third kappa shape index (κ3) is 5.74. The maximum atomic E-state index is 13.3. The fourth-order valence-corrected chi connectivity index (χ4v) is 6.05. The quantitative estimate of drug-likeness (QED) is 0.296. The Balaban J connectivity index is 1.63. The van der Waals surface area contributed by atoms with Gasteiger partial charge in [0.25, 0.3) is 0 Å². The lowest BCUT2D eigenvalue weighted by atomic mass is 9.67. The Morgan fingerprint density at radius 3 is 2.50 bits per heavy atom. The van der Waals surface area contributed by atoms with Crippen LogP contribution in [0.5, 0.6) is 5.75 Å². The highest BCUT2D eigenvalue weighted by atomic mass is 16.3. The van der Waals surface area contributed by atoms with E-state index in [2.05, 4.69) is 11.9 Å². The van der Waals surface area contributed by atoms with Gasteiger partial charge in [-0.05, 0) is 79.2 Å². The molecule has 38 heavy (non-hydrogen) atoms. The fraction of sp³-hybridized carbons (Fsp3) is 0.452. The number of hydrogen-bond acceptors (Lipinski definition) is 6. The van der Waals surface area contributed by atoms with Crippen LogP contribution in [0.15, 0.2) is 59.8 Å². The highest BCUT2D eigenvalue weighted by Gasteiger charge is 2.54. The Morgan fingerprint density at radius 2 is 1.87 bits per heavy atom. The average Bonchev–Trinajstić information content (AvgIpc) is 3.16. The second kappa shape index (κ2) is 12.5. The number of carbonyl (C=O) groups excluding carboxylic acids is 2. The van der Waals surface area contributed by atoms with Crippen LogP contribution in [0.25, 0.3) is 11.6 Å². The third-order valence-corrected chi connectivity index (χ3v) is 7.75. The highest BCUT2D eigenvalue weighted by molar-refractivity contribution is 6.05. The number of imide groups is 1. The molecule has 4 atom stereocenters. The molecule has 0 bridgehead atoms. The molecule has 2 aromatic rings. The molecule has 1 aliphatic heterocycles. The number of fused-ring (bicyclic) bond motifs is 1. The summed E-state index contributed by atoms with van der Waals surface area (Å²) in [4.78, 5) is 32.2. The van der Waals surface area contributed by atoms with E-state index in [4.69, 9.17) is 0 Å². The monoisotopic (exact) mass is 518 g/mol. The lowest BCUT2D eigenvalue weighted by molar-refractivity contribution is -0.140. The van der Waals surface area contributed by atoms with Crippen molar-refractivity contribution in [2.45, 2.75) is 58.5 Å². The number of carbonyl (C=O) groups is 2. The van der Waals surface area contributed by atoms with Crippen molar-refractivity contribution in [1.82, 2.24) is 9.88 Å². The standard InChI is InChI=1S/C31H38N2O5/c1-3-7-22-18-24-29(31(38)33(16-4-2)30(24)37)25(19-34)28(22)27(36)14-11-21(26-8-5-6-15-32-26)17-20-9-12-23(35)13-10-20/h5-6,8-10,12-13,15,17,24-25,27,29,34-36H,3-4,7,11,14,16,18-19H2,1-2H3/b21-17-/t24-,25+,27-,29-/m1/s1. The fourth-order valence-electron chi connectivity index (χ4n) is 6.05. The summed E-state index contributed by atoms with van der Waals surface area (Å²) in [7, 11) is 0. The van der Waals surface area contributed by atoms with E-state index in [0.29, 0.717) is 32.2 Å². The molecule has 1 aromatic carbocycles. The van der Waals surface area contributed by atoms with Crippen LogP contribution >= 0.6 is 0 Å². The number of rotatable bonds is 11. The van der Waals surface area contributed by atoms with Crippen LogP contribution in [-0.2, 0) is 9.59 Å². The van der Waals surface area contributed by atoms with Crippen molar-refractivity contribution in [3.63, 3.8) is 0 Å². The molecule has 3 N–H and O–H groups in total. The van der Waals surface area contributed by atoms with Gasteiger partial charge in [0, 0.05) is 18.7 Å². The Hall–Kier alpha value is -3.29. The molecule has 1 aliphatic carbocycles. The first-order valence-corrected chi connectivity index (χ1v) is 13.7. The van der Waals surface area contributed by atoms with Crippen LogP contribution in [0.2, 0.25) is 0 Å². The first-order valence-electron chi connectivity index (χ1n) is 13.7. The summed E-state index contributed by atoms with van der Waals surface area (Å²) in [6, 6.07) is 12.6. The van der Waals surface area contributed by atoms with Gasteiger partial charge in [0.15, 0.2) is 0 Å². The van der Waals surface area contributed by atoms with Crippen LogP contribution < -0.4 is 0 Å². The largest absolute Gasteiger partial charge is 0.508 e. The Kier molecular flexibility index (Phi) is 9.13. The molecule has 0 saturated carbocycles. The average molecular weight is 519 g/mol. The topological polar surface area (TPSA) is 111 Å². The Labute approximate surface area is 224 Å². The van der Waals surface area contributed by atoms with E-state index in [-0.39, 0.29) is 24.2 Å². The number of phenolic OH excluding ortho intramolecular Hbond substituents is 1. The zero-order valence-electron chi connectivity index (χ0n) is 22.2. The van der Waals surface area contributed by atoms with Crippen molar-refractivity contribution >= 4 is 23.5 Å². The summed E-state index contributed by atoms with van der Waals surface area (Å²) in [5, 5.41) is 31.7. The molecule has 202 valence electrons. The van der Waals surface area contributed by atoms with Gasteiger partial charge in [-0.25, -0.2) is 0 Å². The van der Waals surface area contributed by atoms with E-state index in [0.717, 1.165) is 40.8 Å². The lowest BCUT2D eigenvalue weighted by Crippen LogP contribution is -2.39. The summed E-state index contributed by atoms with van der Waals surface area (Å²) >= 11 is 0. The van der Waals surface area contributed by atoms with Crippen LogP contribution in [0.4, 0.5) is 0 Å². The molecule has 0 spiro atoms. The predicted octanol–water partition coefficient (Wildman–Crippen LogP) is 4.59. The molecule has 7 heteroatoms. The number of aliphatic hydroxyl groups excluding tert-OH is 2. The highest BCUT2D eigenvalue weighted by Crippen LogP contribution is 2.47. The number of aliphatic hydroxyl groups is 2. The molecule has 2 heterocycles. The van der Waals surface area contributed by atoms with Crippen molar-refractivity contribution in [2.75, 3.05) is 13.2 Å². The number of pyridine rings is 1. The number of nitrogens with zero attached hydrogens (tertiary/aromatic N) is 2. The molecular weight excluding hydrogens is 480 g/mol. The van der Waals surface area contributed by atoms with Gasteiger partial charge in [-0.3, -0.25) is 19.5 Å². The maximum Gasteiger partial charge on any atom is 0.233 e. The van der Waals surface area contributed by atoms with E-state index in [1.54, 1.807) is 18.3 Å². The Bertz CT molecular complexity index is 1190. The van der Waals surface area contributed by atoms with Crippen molar-refractivity contribution in [1.29, 1.82) is 0 Å². The third-order valence-electron chi connectivity index (χ3n) is 7.75. The van der Waals surface area contributed by atoms with Gasteiger partial charge < -0.3 is 15.3 Å². The minimum absolute atomic E-state index is 0.142. The number of phenols is 1. The first-order chi connectivity index (χ1) is 18.4. The second-order valence-corrected chi connectivity index (χ2v) is 10.3. The van der Waals surface area contributed by atoms with Gasteiger partial charge in [0.1, 0.15) is 5.75 Å². The van der Waals surface area contributed by atoms with E-state index >= 15 is 0 Å². The zero-order valence-corrected chi connectivity index (χ0v) is 22.2. The van der Waals surface area contributed by atoms with Crippen LogP contribution in [0.1, 0.15) is 63.6 Å². The number of allylic oxidation sites excluding steroid dienone is 2. The predicted molar refractivity (Wildman–Crippen MR) is 147 cm³/mol. The van der Waals surface area contributed by atoms with E-state index in [1.807, 2.05) is 43.3 Å². The van der Waals surface area contributed by atoms with Crippen LogP contribution in [0.3, 0.4) is 0 Å². The molecule has 0 radical (unpaired) electrons. The van der Waals surface area contributed by atoms with Crippen LogP contribution in [0, 0.1) is 17.8 Å². The second-order valence-electron chi connectivity index (χ2n) is 10.3. The van der Waals surface area contributed by atoms with Crippen molar-refractivity contribution in [3.05, 3.63) is 71.1 Å².